The van der Waals surface area contributed by atoms with Crippen LogP contribution in [0.2, 0.25) is 0 Å². The molecule has 7 heteroatoms. The summed E-state index contributed by atoms with van der Waals surface area (Å²) in [5.74, 6) is 1.71. The third kappa shape index (κ3) is 4.92. The molecule has 1 aliphatic heterocycles. The van der Waals surface area contributed by atoms with Crippen molar-refractivity contribution in [3.8, 4) is 11.6 Å². The summed E-state index contributed by atoms with van der Waals surface area (Å²) in [5.41, 5.74) is 0.794. The molecule has 1 N–H and O–H groups in total. The molecule has 1 unspecified atom stereocenters. The Balaban J connectivity index is 1.47. The van der Waals surface area contributed by atoms with E-state index >= 15 is 0 Å². The minimum absolute atomic E-state index is 0.0199. The number of nitrogens with zero attached hydrogens (tertiary/aromatic N) is 3. The minimum Gasteiger partial charge on any atom is -0.436 e. The summed E-state index contributed by atoms with van der Waals surface area (Å²) < 4.78 is 6.92. The van der Waals surface area contributed by atoms with Crippen LogP contribution < -0.4 is 15.0 Å². The van der Waals surface area contributed by atoms with Gasteiger partial charge in [-0.2, -0.15) is 0 Å². The Labute approximate surface area is 178 Å². The van der Waals surface area contributed by atoms with E-state index in [-0.39, 0.29) is 11.8 Å². The summed E-state index contributed by atoms with van der Waals surface area (Å²) in [5, 5.41) is 3.01. The van der Waals surface area contributed by atoms with Crippen LogP contribution in [0.5, 0.6) is 11.6 Å². The number of piperidine rings is 1. The lowest BCUT2D eigenvalue weighted by Gasteiger charge is -2.33. The molecular formula is C22H21BrN4O2. The van der Waals surface area contributed by atoms with Crippen molar-refractivity contribution in [3.05, 3.63) is 71.5 Å². The van der Waals surface area contributed by atoms with Gasteiger partial charge in [0.2, 0.25) is 5.91 Å². The molecule has 2 heterocycles. The summed E-state index contributed by atoms with van der Waals surface area (Å²) in [6.07, 6.45) is 5.01. The largest absolute Gasteiger partial charge is 0.436 e. The van der Waals surface area contributed by atoms with Crippen molar-refractivity contribution in [2.75, 3.05) is 23.3 Å². The zero-order chi connectivity index (χ0) is 20.1. The molecule has 6 nitrogen and oxygen atoms in total. The van der Waals surface area contributed by atoms with Crippen molar-refractivity contribution in [1.29, 1.82) is 0 Å². The Morgan fingerprint density at radius 1 is 1.07 bits per heavy atom. The maximum absolute atomic E-state index is 12.8. The summed E-state index contributed by atoms with van der Waals surface area (Å²) in [6.45, 7) is 1.39. The van der Waals surface area contributed by atoms with Crippen LogP contribution in [0.15, 0.2) is 71.5 Å². The molecule has 0 saturated carbocycles. The highest BCUT2D eigenvalue weighted by atomic mass is 79.9. The van der Waals surface area contributed by atoms with Gasteiger partial charge in [0, 0.05) is 35.6 Å². The van der Waals surface area contributed by atoms with Crippen LogP contribution in [0.4, 0.5) is 11.5 Å². The predicted molar refractivity (Wildman–Crippen MR) is 116 cm³/mol. The van der Waals surface area contributed by atoms with Crippen molar-refractivity contribution >= 4 is 33.3 Å². The normalized spacial score (nSPS) is 16.3. The van der Waals surface area contributed by atoms with Gasteiger partial charge in [-0.1, -0.05) is 34.1 Å². The maximum Gasteiger partial charge on any atom is 0.263 e. The number of anilines is 2. The average Bonchev–Trinajstić information content (AvgIpc) is 2.76. The second-order valence-electron chi connectivity index (χ2n) is 6.88. The number of halogens is 1. The first kappa shape index (κ1) is 19.4. The number of para-hydroxylation sites is 1. The van der Waals surface area contributed by atoms with E-state index in [9.17, 15) is 4.79 Å². The van der Waals surface area contributed by atoms with E-state index in [2.05, 4.69) is 36.1 Å². The molecule has 3 aromatic rings. The highest BCUT2D eigenvalue weighted by Crippen LogP contribution is 2.31. The van der Waals surface area contributed by atoms with Crippen molar-refractivity contribution in [3.63, 3.8) is 0 Å². The van der Waals surface area contributed by atoms with Crippen LogP contribution in [0.1, 0.15) is 12.8 Å². The SMILES string of the molecule is O=C(Nc1ccc(Br)cc1)C1CCCN(c2nccnc2Oc2ccccc2)C1. The molecule has 1 saturated heterocycles. The van der Waals surface area contributed by atoms with Gasteiger partial charge in [-0.25, -0.2) is 9.97 Å². The summed E-state index contributed by atoms with van der Waals surface area (Å²) in [6, 6.07) is 17.1. The fraction of sp³-hybridized carbons (Fsp3) is 0.227. The summed E-state index contributed by atoms with van der Waals surface area (Å²) >= 11 is 3.41. The third-order valence-electron chi connectivity index (χ3n) is 4.81. The number of amides is 1. The smallest absolute Gasteiger partial charge is 0.263 e. The molecule has 0 bridgehead atoms. The van der Waals surface area contributed by atoms with Crippen LogP contribution in [-0.2, 0) is 4.79 Å². The van der Waals surface area contributed by atoms with Crippen molar-refractivity contribution in [1.82, 2.24) is 9.97 Å². The number of ether oxygens (including phenoxy) is 1. The first-order valence-corrected chi connectivity index (χ1v) is 10.3. The van der Waals surface area contributed by atoms with E-state index < -0.39 is 0 Å². The van der Waals surface area contributed by atoms with Gasteiger partial charge in [-0.05, 0) is 49.2 Å². The van der Waals surface area contributed by atoms with Gasteiger partial charge in [-0.3, -0.25) is 4.79 Å². The maximum atomic E-state index is 12.8. The van der Waals surface area contributed by atoms with Gasteiger partial charge >= 0.3 is 0 Å². The molecule has 148 valence electrons. The zero-order valence-corrected chi connectivity index (χ0v) is 17.4. The lowest BCUT2D eigenvalue weighted by molar-refractivity contribution is -0.120. The van der Waals surface area contributed by atoms with Crippen LogP contribution in [0, 0.1) is 5.92 Å². The Hall–Kier alpha value is -2.93. The average molecular weight is 453 g/mol. The lowest BCUT2D eigenvalue weighted by atomic mass is 9.97. The number of hydrogen-bond donors (Lipinski definition) is 1. The van der Waals surface area contributed by atoms with E-state index in [0.717, 1.165) is 29.5 Å². The highest BCUT2D eigenvalue weighted by molar-refractivity contribution is 9.10. The van der Waals surface area contributed by atoms with Gasteiger partial charge in [0.15, 0.2) is 5.82 Å². The number of carbonyl (C=O) groups is 1. The molecule has 2 aromatic carbocycles. The number of aromatic nitrogens is 2. The molecule has 1 fully saturated rings. The second kappa shape index (κ2) is 9.05. The van der Waals surface area contributed by atoms with Crippen LogP contribution in [0.3, 0.4) is 0 Å². The number of rotatable bonds is 5. The van der Waals surface area contributed by atoms with Crippen molar-refractivity contribution in [2.24, 2.45) is 5.92 Å². The zero-order valence-electron chi connectivity index (χ0n) is 15.8. The van der Waals surface area contributed by atoms with Gasteiger partial charge in [0.25, 0.3) is 5.88 Å². The van der Waals surface area contributed by atoms with Crippen LogP contribution >= 0.6 is 15.9 Å². The lowest BCUT2D eigenvalue weighted by Crippen LogP contribution is -2.41. The standard InChI is InChI=1S/C22H21BrN4O2/c23-17-8-10-18(11-9-17)26-21(28)16-5-4-14-27(15-16)20-22(25-13-12-24-20)29-19-6-2-1-3-7-19/h1-3,6-13,16H,4-5,14-15H2,(H,26,28). The Kier molecular flexibility index (Phi) is 6.05. The third-order valence-corrected chi connectivity index (χ3v) is 5.34. The van der Waals surface area contributed by atoms with Crippen LogP contribution in [-0.4, -0.2) is 29.0 Å². The quantitative estimate of drug-likeness (QED) is 0.596. The van der Waals surface area contributed by atoms with E-state index in [1.807, 2.05) is 54.6 Å². The fourth-order valence-electron chi connectivity index (χ4n) is 3.37. The summed E-state index contributed by atoms with van der Waals surface area (Å²) in [7, 11) is 0. The van der Waals surface area contributed by atoms with E-state index in [0.29, 0.717) is 24.0 Å². The molecule has 4 rings (SSSR count). The van der Waals surface area contributed by atoms with Crippen LogP contribution in [0.25, 0.3) is 0 Å². The number of hydrogen-bond acceptors (Lipinski definition) is 5. The molecule has 1 aromatic heterocycles. The second-order valence-corrected chi connectivity index (χ2v) is 7.80. The monoisotopic (exact) mass is 452 g/mol. The Bertz CT molecular complexity index is 966. The van der Waals surface area contributed by atoms with E-state index in [4.69, 9.17) is 4.74 Å². The minimum atomic E-state index is -0.126. The van der Waals surface area contributed by atoms with Gasteiger partial charge < -0.3 is 15.0 Å². The van der Waals surface area contributed by atoms with Gasteiger partial charge in [0.05, 0.1) is 5.92 Å². The Morgan fingerprint density at radius 2 is 1.83 bits per heavy atom. The first-order valence-electron chi connectivity index (χ1n) is 9.54. The van der Waals surface area contributed by atoms with Crippen molar-refractivity contribution < 1.29 is 9.53 Å². The molecule has 1 atom stereocenters. The predicted octanol–water partition coefficient (Wildman–Crippen LogP) is 4.89. The van der Waals surface area contributed by atoms with E-state index in [1.54, 1.807) is 12.4 Å². The highest BCUT2D eigenvalue weighted by Gasteiger charge is 2.28. The molecule has 1 aliphatic rings. The van der Waals surface area contributed by atoms with E-state index in [1.165, 1.54) is 0 Å². The Morgan fingerprint density at radius 3 is 2.62 bits per heavy atom. The first-order chi connectivity index (χ1) is 14.2. The number of nitrogens with one attached hydrogen (secondary N) is 1. The molecule has 0 aliphatic carbocycles. The molecule has 1 amide bonds. The molecule has 0 spiro atoms. The topological polar surface area (TPSA) is 67.4 Å². The molecular weight excluding hydrogens is 432 g/mol. The number of benzene rings is 2. The number of carbonyl (C=O) groups excluding carboxylic acids is 1. The van der Waals surface area contributed by atoms with Crippen molar-refractivity contribution in [2.45, 2.75) is 12.8 Å². The molecule has 29 heavy (non-hydrogen) atoms. The van der Waals surface area contributed by atoms with Gasteiger partial charge in [-0.15, -0.1) is 0 Å². The van der Waals surface area contributed by atoms with Gasteiger partial charge in [0.1, 0.15) is 5.75 Å². The summed E-state index contributed by atoms with van der Waals surface area (Å²) in [4.78, 5) is 23.7. The fourth-order valence-corrected chi connectivity index (χ4v) is 3.63. The molecule has 0 radical (unpaired) electrons.